The highest BCUT2D eigenvalue weighted by Crippen LogP contribution is 2.38. The molecule has 0 N–H and O–H groups in total. The molecule has 0 spiro atoms. The zero-order valence-electron chi connectivity index (χ0n) is 12.0. The average molecular weight is 270 g/mol. The Hall–Kier alpha value is -2.34. The zero-order chi connectivity index (χ0) is 14.1. The summed E-state index contributed by atoms with van der Waals surface area (Å²) >= 11 is 0. The SMILES string of the molecule is c1ccc(-c2cccc(C3CCc4ccccc43)c2)cc1. The van der Waals surface area contributed by atoms with Gasteiger partial charge in [0.1, 0.15) is 0 Å². The number of rotatable bonds is 2. The molecule has 0 aromatic heterocycles. The van der Waals surface area contributed by atoms with Gasteiger partial charge in [0.15, 0.2) is 0 Å². The van der Waals surface area contributed by atoms with E-state index >= 15 is 0 Å². The van der Waals surface area contributed by atoms with E-state index in [1.807, 2.05) is 0 Å². The molecule has 3 aromatic rings. The van der Waals surface area contributed by atoms with Gasteiger partial charge in [0, 0.05) is 5.92 Å². The maximum absolute atomic E-state index is 2.36. The summed E-state index contributed by atoms with van der Waals surface area (Å²) in [5.41, 5.74) is 7.10. The quantitative estimate of drug-likeness (QED) is 0.582. The van der Waals surface area contributed by atoms with Crippen molar-refractivity contribution in [2.75, 3.05) is 0 Å². The van der Waals surface area contributed by atoms with Gasteiger partial charge in [-0.25, -0.2) is 0 Å². The van der Waals surface area contributed by atoms with Crippen LogP contribution in [-0.2, 0) is 6.42 Å². The van der Waals surface area contributed by atoms with Crippen molar-refractivity contribution in [1.82, 2.24) is 0 Å². The smallest absolute Gasteiger partial charge is 0.00954 e. The second kappa shape index (κ2) is 5.21. The molecule has 0 heterocycles. The third-order valence-electron chi connectivity index (χ3n) is 4.53. The molecule has 0 saturated heterocycles. The molecule has 3 aromatic carbocycles. The van der Waals surface area contributed by atoms with Crippen molar-refractivity contribution < 1.29 is 0 Å². The highest BCUT2D eigenvalue weighted by molar-refractivity contribution is 5.64. The summed E-state index contributed by atoms with van der Waals surface area (Å²) < 4.78 is 0. The largest absolute Gasteiger partial charge is 0.0622 e. The van der Waals surface area contributed by atoms with Crippen molar-refractivity contribution in [3.8, 4) is 11.1 Å². The second-order valence-corrected chi connectivity index (χ2v) is 5.78. The Labute approximate surface area is 126 Å². The van der Waals surface area contributed by atoms with Gasteiger partial charge in [-0.1, -0.05) is 78.9 Å². The van der Waals surface area contributed by atoms with E-state index in [-0.39, 0.29) is 0 Å². The fraction of sp³-hybridized carbons (Fsp3) is 0.143. The van der Waals surface area contributed by atoms with Crippen LogP contribution in [0.2, 0.25) is 0 Å². The van der Waals surface area contributed by atoms with E-state index in [2.05, 4.69) is 78.9 Å². The van der Waals surface area contributed by atoms with Crippen molar-refractivity contribution in [1.29, 1.82) is 0 Å². The van der Waals surface area contributed by atoms with Gasteiger partial charge in [-0.05, 0) is 40.7 Å². The summed E-state index contributed by atoms with van der Waals surface area (Å²) in [7, 11) is 0. The van der Waals surface area contributed by atoms with Gasteiger partial charge < -0.3 is 0 Å². The standard InChI is InChI=1S/C21H18/c1-2-7-16(8-3-1)18-10-6-11-19(15-18)21-14-13-17-9-4-5-12-20(17)21/h1-12,15,21H,13-14H2. The first-order valence-electron chi connectivity index (χ1n) is 7.65. The van der Waals surface area contributed by atoms with E-state index in [0.717, 1.165) is 0 Å². The van der Waals surface area contributed by atoms with Crippen molar-refractivity contribution in [2.24, 2.45) is 0 Å². The average Bonchev–Trinajstić information content (AvgIpc) is 3.00. The van der Waals surface area contributed by atoms with Gasteiger partial charge in [-0.2, -0.15) is 0 Å². The molecule has 1 unspecified atom stereocenters. The van der Waals surface area contributed by atoms with Crippen LogP contribution in [-0.4, -0.2) is 0 Å². The van der Waals surface area contributed by atoms with Crippen molar-refractivity contribution in [2.45, 2.75) is 18.8 Å². The first-order valence-corrected chi connectivity index (χ1v) is 7.65. The second-order valence-electron chi connectivity index (χ2n) is 5.78. The van der Waals surface area contributed by atoms with E-state index in [0.29, 0.717) is 5.92 Å². The molecule has 0 aliphatic heterocycles. The molecule has 1 aliphatic carbocycles. The van der Waals surface area contributed by atoms with E-state index < -0.39 is 0 Å². The van der Waals surface area contributed by atoms with Crippen LogP contribution < -0.4 is 0 Å². The lowest BCUT2D eigenvalue weighted by Gasteiger charge is -2.13. The molecule has 0 radical (unpaired) electrons. The number of aryl methyl sites for hydroxylation is 1. The lowest BCUT2D eigenvalue weighted by atomic mass is 9.91. The molecule has 0 nitrogen and oxygen atoms in total. The Morgan fingerprint density at radius 1 is 0.667 bits per heavy atom. The lowest BCUT2D eigenvalue weighted by molar-refractivity contribution is 0.788. The summed E-state index contributed by atoms with van der Waals surface area (Å²) in [5, 5.41) is 0. The minimum Gasteiger partial charge on any atom is -0.0622 e. The highest BCUT2D eigenvalue weighted by atomic mass is 14.3. The minimum absolute atomic E-state index is 0.560. The normalized spacial score (nSPS) is 16.7. The number of hydrogen-bond acceptors (Lipinski definition) is 0. The Kier molecular flexibility index (Phi) is 3.08. The summed E-state index contributed by atoms with van der Waals surface area (Å²) in [5.74, 6) is 0.560. The third-order valence-corrected chi connectivity index (χ3v) is 4.53. The molecule has 0 amide bonds. The van der Waals surface area contributed by atoms with Crippen LogP contribution in [0, 0.1) is 0 Å². The van der Waals surface area contributed by atoms with Gasteiger partial charge in [0.25, 0.3) is 0 Å². The van der Waals surface area contributed by atoms with Crippen molar-refractivity contribution >= 4 is 0 Å². The zero-order valence-corrected chi connectivity index (χ0v) is 12.0. The fourth-order valence-electron chi connectivity index (χ4n) is 3.47. The lowest BCUT2D eigenvalue weighted by Crippen LogP contribution is -1.96. The molecule has 0 heteroatoms. The first kappa shape index (κ1) is 12.4. The molecule has 0 fully saturated rings. The van der Waals surface area contributed by atoms with E-state index in [1.54, 1.807) is 0 Å². The molecule has 4 rings (SSSR count). The van der Waals surface area contributed by atoms with Crippen LogP contribution in [0.4, 0.5) is 0 Å². The van der Waals surface area contributed by atoms with Crippen LogP contribution in [0.1, 0.15) is 29.0 Å². The van der Waals surface area contributed by atoms with E-state index in [4.69, 9.17) is 0 Å². The molecule has 0 saturated carbocycles. The molecule has 0 bridgehead atoms. The first-order chi connectivity index (χ1) is 10.4. The van der Waals surface area contributed by atoms with Crippen LogP contribution in [0.15, 0.2) is 78.9 Å². The van der Waals surface area contributed by atoms with Crippen molar-refractivity contribution in [3.63, 3.8) is 0 Å². The van der Waals surface area contributed by atoms with E-state index in [9.17, 15) is 0 Å². The van der Waals surface area contributed by atoms with Crippen LogP contribution in [0.25, 0.3) is 11.1 Å². The molecule has 1 atom stereocenters. The Morgan fingerprint density at radius 3 is 2.33 bits per heavy atom. The number of fused-ring (bicyclic) bond motifs is 1. The summed E-state index contributed by atoms with van der Waals surface area (Å²) in [6.45, 7) is 0. The summed E-state index contributed by atoms with van der Waals surface area (Å²) in [6.07, 6.45) is 2.44. The van der Waals surface area contributed by atoms with Gasteiger partial charge >= 0.3 is 0 Å². The van der Waals surface area contributed by atoms with Crippen LogP contribution in [0.5, 0.6) is 0 Å². The van der Waals surface area contributed by atoms with Gasteiger partial charge in [0.05, 0.1) is 0 Å². The Morgan fingerprint density at radius 2 is 1.43 bits per heavy atom. The van der Waals surface area contributed by atoms with Gasteiger partial charge in [-0.15, -0.1) is 0 Å². The van der Waals surface area contributed by atoms with Crippen LogP contribution >= 0.6 is 0 Å². The van der Waals surface area contributed by atoms with E-state index in [1.165, 1.54) is 40.7 Å². The number of benzene rings is 3. The fourth-order valence-corrected chi connectivity index (χ4v) is 3.47. The molecule has 21 heavy (non-hydrogen) atoms. The van der Waals surface area contributed by atoms with Gasteiger partial charge in [0.2, 0.25) is 0 Å². The molecule has 1 aliphatic rings. The minimum atomic E-state index is 0.560. The molecular weight excluding hydrogens is 252 g/mol. The maximum atomic E-state index is 2.36. The number of hydrogen-bond donors (Lipinski definition) is 0. The summed E-state index contributed by atoms with van der Waals surface area (Å²) in [6, 6.07) is 28.6. The maximum Gasteiger partial charge on any atom is 0.00954 e. The topological polar surface area (TPSA) is 0 Å². The Bertz CT molecular complexity index is 756. The predicted molar refractivity (Wildman–Crippen MR) is 88.5 cm³/mol. The summed E-state index contributed by atoms with van der Waals surface area (Å²) in [4.78, 5) is 0. The predicted octanol–water partition coefficient (Wildman–Crippen LogP) is 5.43. The van der Waals surface area contributed by atoms with Crippen molar-refractivity contribution in [3.05, 3.63) is 95.6 Å². The van der Waals surface area contributed by atoms with Crippen LogP contribution in [0.3, 0.4) is 0 Å². The molecular formula is C21H18. The monoisotopic (exact) mass is 270 g/mol. The third kappa shape index (κ3) is 2.27. The molecule has 102 valence electrons. The Balaban J connectivity index is 1.75. The van der Waals surface area contributed by atoms with Gasteiger partial charge in [-0.3, -0.25) is 0 Å². The highest BCUT2D eigenvalue weighted by Gasteiger charge is 2.23.